The molecule has 0 saturated heterocycles. The van der Waals surface area contributed by atoms with Crippen molar-refractivity contribution in [3.05, 3.63) is 237 Å². The molecule has 0 spiro atoms. The molecule has 1 nitrogen and oxygen atoms in total. The zero-order chi connectivity index (χ0) is 38.0. The van der Waals surface area contributed by atoms with Crippen molar-refractivity contribution >= 4 is 38.6 Å². The Hall–Kier alpha value is -7.48. The van der Waals surface area contributed by atoms with Crippen LogP contribution in [0.15, 0.2) is 237 Å². The molecule has 0 fully saturated rings. The van der Waals surface area contributed by atoms with Gasteiger partial charge in [-0.05, 0) is 126 Å². The maximum Gasteiger partial charge on any atom is 0.0462 e. The minimum Gasteiger partial charge on any atom is -0.311 e. The summed E-state index contributed by atoms with van der Waals surface area (Å²) in [6, 6.07) is 85.5. The zero-order valence-electron chi connectivity index (χ0n) is 31.5. The maximum absolute atomic E-state index is 2.36. The number of nitrogens with zero attached hydrogens (tertiary/aromatic N) is 1. The van der Waals surface area contributed by atoms with Gasteiger partial charge in [-0.3, -0.25) is 0 Å². The van der Waals surface area contributed by atoms with E-state index in [9.17, 15) is 0 Å². The van der Waals surface area contributed by atoms with Gasteiger partial charge in [-0.25, -0.2) is 0 Å². The van der Waals surface area contributed by atoms with Gasteiger partial charge in [0.15, 0.2) is 0 Å². The average Bonchev–Trinajstić information content (AvgIpc) is 3.30. The van der Waals surface area contributed by atoms with Crippen molar-refractivity contribution in [2.75, 3.05) is 4.90 Å². The lowest BCUT2D eigenvalue weighted by Gasteiger charge is -2.26. The highest BCUT2D eigenvalue weighted by molar-refractivity contribution is 6.15. The van der Waals surface area contributed by atoms with E-state index in [1.807, 2.05) is 0 Å². The van der Waals surface area contributed by atoms with Crippen LogP contribution in [-0.2, 0) is 0 Å². The van der Waals surface area contributed by atoms with Gasteiger partial charge in [0.1, 0.15) is 0 Å². The van der Waals surface area contributed by atoms with Gasteiger partial charge in [-0.1, -0.05) is 188 Å². The lowest BCUT2D eigenvalue weighted by Crippen LogP contribution is -2.09. The summed E-state index contributed by atoms with van der Waals surface area (Å²) in [7, 11) is 0. The fourth-order valence-electron chi connectivity index (χ4n) is 8.21. The molecule has 0 unspecified atom stereocenters. The normalized spacial score (nSPS) is 11.2. The molecule has 0 aliphatic carbocycles. The Bertz CT molecular complexity index is 2950. The molecular formula is C56H39N. The first-order valence-electron chi connectivity index (χ1n) is 19.6. The topological polar surface area (TPSA) is 3.24 Å². The van der Waals surface area contributed by atoms with Gasteiger partial charge in [0.25, 0.3) is 0 Å². The Balaban J connectivity index is 1.00. The van der Waals surface area contributed by atoms with Crippen molar-refractivity contribution in [2.45, 2.75) is 0 Å². The molecule has 0 saturated carbocycles. The lowest BCUT2D eigenvalue weighted by molar-refractivity contribution is 1.28. The zero-order valence-corrected chi connectivity index (χ0v) is 31.5. The van der Waals surface area contributed by atoms with Crippen LogP contribution in [0.2, 0.25) is 0 Å². The molecule has 1 heteroatoms. The standard InChI is InChI=1S/C56H39N/c1-4-14-40(15-5-1)41-24-26-42(27-25-41)43-28-33-49(34-29-43)57(48-19-8-3-9-20-48)50-35-30-44(31-36-50)46-32-37-54(55(38-46)45-16-6-2-7-17-45)56-39-47-18-10-11-21-51(47)52-22-12-13-23-53(52)56/h1-39H. The van der Waals surface area contributed by atoms with Crippen LogP contribution in [0.3, 0.4) is 0 Å². The molecule has 268 valence electrons. The SMILES string of the molecule is c1ccc(-c2ccc(-c3ccc(N(c4ccccc4)c4ccc(-c5ccc(-c6cc7ccccc7c7ccccc67)c(-c6ccccc6)c5)cc4)cc3)cc2)cc1. The van der Waals surface area contributed by atoms with E-state index in [-0.39, 0.29) is 0 Å². The lowest BCUT2D eigenvalue weighted by atomic mass is 9.87. The van der Waals surface area contributed by atoms with Crippen LogP contribution < -0.4 is 4.90 Å². The van der Waals surface area contributed by atoms with E-state index in [1.54, 1.807) is 0 Å². The minimum atomic E-state index is 1.10. The number of hydrogen-bond donors (Lipinski definition) is 0. The minimum absolute atomic E-state index is 1.10. The first-order chi connectivity index (χ1) is 28.3. The van der Waals surface area contributed by atoms with Gasteiger partial charge in [0, 0.05) is 17.1 Å². The second-order valence-electron chi connectivity index (χ2n) is 14.5. The Morgan fingerprint density at radius 2 is 0.614 bits per heavy atom. The third-order valence-corrected chi connectivity index (χ3v) is 11.1. The van der Waals surface area contributed by atoms with Crippen molar-refractivity contribution < 1.29 is 0 Å². The van der Waals surface area contributed by atoms with E-state index in [0.29, 0.717) is 0 Å². The molecule has 0 amide bonds. The van der Waals surface area contributed by atoms with E-state index in [0.717, 1.165) is 17.1 Å². The first kappa shape index (κ1) is 34.0. The number of hydrogen-bond acceptors (Lipinski definition) is 1. The van der Waals surface area contributed by atoms with E-state index >= 15 is 0 Å². The highest BCUT2D eigenvalue weighted by atomic mass is 15.1. The molecule has 0 radical (unpaired) electrons. The van der Waals surface area contributed by atoms with Crippen LogP contribution in [0, 0.1) is 0 Å². The Labute approximate surface area is 334 Å². The summed E-state index contributed by atoms with van der Waals surface area (Å²) in [4.78, 5) is 2.33. The summed E-state index contributed by atoms with van der Waals surface area (Å²) in [5, 5.41) is 5.07. The summed E-state index contributed by atoms with van der Waals surface area (Å²) in [5.41, 5.74) is 15.4. The fourth-order valence-corrected chi connectivity index (χ4v) is 8.21. The third kappa shape index (κ3) is 6.66. The number of benzene rings is 10. The molecule has 57 heavy (non-hydrogen) atoms. The summed E-state index contributed by atoms with van der Waals surface area (Å²) in [6.07, 6.45) is 0. The molecule has 0 bridgehead atoms. The number of rotatable bonds is 8. The molecule has 0 heterocycles. The monoisotopic (exact) mass is 725 g/mol. The maximum atomic E-state index is 2.36. The van der Waals surface area contributed by atoms with Gasteiger partial charge >= 0.3 is 0 Å². The number of fused-ring (bicyclic) bond motifs is 3. The third-order valence-electron chi connectivity index (χ3n) is 11.1. The molecule has 10 aromatic carbocycles. The fraction of sp³-hybridized carbons (Fsp3) is 0. The average molecular weight is 726 g/mol. The van der Waals surface area contributed by atoms with Crippen LogP contribution in [0.25, 0.3) is 77.2 Å². The second kappa shape index (κ2) is 15.0. The van der Waals surface area contributed by atoms with Crippen molar-refractivity contribution in [3.63, 3.8) is 0 Å². The van der Waals surface area contributed by atoms with Crippen molar-refractivity contribution in [1.82, 2.24) is 0 Å². The molecule has 0 aliphatic rings. The van der Waals surface area contributed by atoms with E-state index in [2.05, 4.69) is 241 Å². The van der Waals surface area contributed by atoms with Crippen LogP contribution in [0.5, 0.6) is 0 Å². The Morgan fingerprint density at radius 1 is 0.211 bits per heavy atom. The van der Waals surface area contributed by atoms with Crippen molar-refractivity contribution in [2.24, 2.45) is 0 Å². The van der Waals surface area contributed by atoms with Crippen LogP contribution in [-0.4, -0.2) is 0 Å². The molecule has 0 aliphatic heterocycles. The predicted octanol–water partition coefficient (Wildman–Crippen LogP) is 15.8. The van der Waals surface area contributed by atoms with Gasteiger partial charge < -0.3 is 4.90 Å². The van der Waals surface area contributed by atoms with Gasteiger partial charge in [0.05, 0.1) is 0 Å². The van der Waals surface area contributed by atoms with Crippen molar-refractivity contribution in [1.29, 1.82) is 0 Å². The summed E-state index contributed by atoms with van der Waals surface area (Å²) < 4.78 is 0. The molecule has 10 rings (SSSR count). The van der Waals surface area contributed by atoms with Crippen LogP contribution >= 0.6 is 0 Å². The number of anilines is 3. The molecular weight excluding hydrogens is 687 g/mol. The Kier molecular flexibility index (Phi) is 8.95. The van der Waals surface area contributed by atoms with Crippen LogP contribution in [0.4, 0.5) is 17.1 Å². The highest BCUT2D eigenvalue weighted by Crippen LogP contribution is 2.42. The molecule has 0 N–H and O–H groups in total. The van der Waals surface area contributed by atoms with Gasteiger partial charge in [-0.2, -0.15) is 0 Å². The largest absolute Gasteiger partial charge is 0.311 e. The van der Waals surface area contributed by atoms with E-state index in [4.69, 9.17) is 0 Å². The van der Waals surface area contributed by atoms with Gasteiger partial charge in [-0.15, -0.1) is 0 Å². The second-order valence-corrected chi connectivity index (χ2v) is 14.5. The van der Waals surface area contributed by atoms with E-state index < -0.39 is 0 Å². The van der Waals surface area contributed by atoms with Crippen LogP contribution in [0.1, 0.15) is 0 Å². The molecule has 0 aromatic heterocycles. The smallest absolute Gasteiger partial charge is 0.0462 e. The number of para-hydroxylation sites is 1. The van der Waals surface area contributed by atoms with Crippen molar-refractivity contribution in [3.8, 4) is 55.6 Å². The first-order valence-corrected chi connectivity index (χ1v) is 19.6. The summed E-state index contributed by atoms with van der Waals surface area (Å²) >= 11 is 0. The summed E-state index contributed by atoms with van der Waals surface area (Å²) in [6.45, 7) is 0. The Morgan fingerprint density at radius 3 is 1.21 bits per heavy atom. The molecule has 0 atom stereocenters. The molecule has 10 aromatic rings. The predicted molar refractivity (Wildman–Crippen MR) is 243 cm³/mol. The summed E-state index contributed by atoms with van der Waals surface area (Å²) in [5.74, 6) is 0. The quantitative estimate of drug-likeness (QED) is 0.141. The van der Waals surface area contributed by atoms with E-state index in [1.165, 1.54) is 77.2 Å². The van der Waals surface area contributed by atoms with Gasteiger partial charge in [0.2, 0.25) is 0 Å². The highest BCUT2D eigenvalue weighted by Gasteiger charge is 2.16.